The van der Waals surface area contributed by atoms with Crippen LogP contribution in [0.2, 0.25) is 0 Å². The van der Waals surface area contributed by atoms with E-state index in [1.165, 1.54) is 0 Å². The molecule has 1 heterocycles. The number of rotatable bonds is 5. The quantitative estimate of drug-likeness (QED) is 0.779. The summed E-state index contributed by atoms with van der Waals surface area (Å²) in [7, 11) is -2.54. The first-order chi connectivity index (χ1) is 8.98. The summed E-state index contributed by atoms with van der Waals surface area (Å²) in [6.45, 7) is 0. The zero-order valence-corrected chi connectivity index (χ0v) is 11.3. The fourth-order valence-corrected chi connectivity index (χ4v) is 2.37. The lowest BCUT2D eigenvalue weighted by atomic mass is 10.1. The number of hydrogen-bond acceptors (Lipinski definition) is 5. The highest BCUT2D eigenvalue weighted by atomic mass is 32.2. The predicted octanol–water partition coefficient (Wildman–Crippen LogP) is 1.72. The molecule has 0 aliphatic rings. The Bertz CT molecular complexity index is 682. The maximum Gasteiger partial charge on any atom is 0.119 e. The lowest BCUT2D eigenvalue weighted by molar-refractivity contribution is 0.415. The molecule has 0 N–H and O–H groups in total. The molecular formula is C13H14NO4S-. The van der Waals surface area contributed by atoms with Gasteiger partial charge in [-0.15, -0.1) is 0 Å². The summed E-state index contributed by atoms with van der Waals surface area (Å²) in [6.07, 6.45) is 2.52. The van der Waals surface area contributed by atoms with Gasteiger partial charge in [-0.3, -0.25) is 4.98 Å². The molecule has 2 aromatic rings. The van der Waals surface area contributed by atoms with Gasteiger partial charge >= 0.3 is 0 Å². The van der Waals surface area contributed by atoms with Crippen LogP contribution in [0.5, 0.6) is 5.75 Å². The Kier molecular flexibility index (Phi) is 4.01. The van der Waals surface area contributed by atoms with Crippen LogP contribution >= 0.6 is 0 Å². The molecule has 19 heavy (non-hydrogen) atoms. The summed E-state index contributed by atoms with van der Waals surface area (Å²) in [4.78, 5) is 4.29. The van der Waals surface area contributed by atoms with E-state index in [4.69, 9.17) is 4.74 Å². The van der Waals surface area contributed by atoms with Crippen molar-refractivity contribution in [3.05, 3.63) is 36.0 Å². The van der Waals surface area contributed by atoms with Crippen molar-refractivity contribution < 1.29 is 17.7 Å². The minimum atomic E-state index is -4.14. The zero-order valence-electron chi connectivity index (χ0n) is 10.5. The average molecular weight is 280 g/mol. The van der Waals surface area contributed by atoms with Crippen LogP contribution in [0.25, 0.3) is 10.9 Å². The van der Waals surface area contributed by atoms with Gasteiger partial charge in [0.1, 0.15) is 5.75 Å². The van der Waals surface area contributed by atoms with Crippen LogP contribution in [0.15, 0.2) is 30.5 Å². The van der Waals surface area contributed by atoms with Crippen molar-refractivity contribution in [3.63, 3.8) is 0 Å². The zero-order chi connectivity index (χ0) is 13.9. The van der Waals surface area contributed by atoms with Crippen LogP contribution in [0.1, 0.15) is 12.0 Å². The molecule has 2 rings (SSSR count). The number of ether oxygens (including phenoxy) is 1. The number of hydrogen-bond donors (Lipinski definition) is 0. The molecule has 0 aliphatic carbocycles. The number of fused-ring (bicyclic) bond motifs is 1. The number of nitrogens with zero attached hydrogens (tertiary/aromatic N) is 1. The summed E-state index contributed by atoms with van der Waals surface area (Å²) >= 11 is 0. The van der Waals surface area contributed by atoms with Crippen molar-refractivity contribution in [1.82, 2.24) is 4.98 Å². The molecule has 0 spiro atoms. The second kappa shape index (κ2) is 5.54. The van der Waals surface area contributed by atoms with Gasteiger partial charge in [-0.25, -0.2) is 8.42 Å². The average Bonchev–Trinajstić information content (AvgIpc) is 2.36. The number of benzene rings is 1. The first-order valence-corrected chi connectivity index (χ1v) is 7.42. The molecule has 0 amide bonds. The van der Waals surface area contributed by atoms with E-state index >= 15 is 0 Å². The minimum Gasteiger partial charge on any atom is -0.748 e. The van der Waals surface area contributed by atoms with Crippen LogP contribution < -0.4 is 4.74 Å². The van der Waals surface area contributed by atoms with Crippen LogP contribution in [-0.4, -0.2) is 30.8 Å². The Hall–Kier alpha value is -1.66. The normalized spacial score (nSPS) is 11.7. The first-order valence-electron chi connectivity index (χ1n) is 5.84. The van der Waals surface area contributed by atoms with Crippen molar-refractivity contribution in [2.75, 3.05) is 12.9 Å². The Morgan fingerprint density at radius 3 is 2.79 bits per heavy atom. The van der Waals surface area contributed by atoms with E-state index in [0.717, 1.165) is 22.2 Å². The number of pyridine rings is 1. The van der Waals surface area contributed by atoms with Crippen molar-refractivity contribution in [2.24, 2.45) is 0 Å². The summed E-state index contributed by atoms with van der Waals surface area (Å²) in [5.74, 6) is 0.400. The number of methoxy groups -OCH3 is 1. The van der Waals surface area contributed by atoms with E-state index in [0.29, 0.717) is 12.8 Å². The maximum absolute atomic E-state index is 10.5. The second-order valence-corrected chi connectivity index (χ2v) is 5.79. The van der Waals surface area contributed by atoms with Crippen molar-refractivity contribution in [3.8, 4) is 5.75 Å². The third-order valence-electron chi connectivity index (χ3n) is 2.80. The molecule has 1 aromatic heterocycles. The van der Waals surface area contributed by atoms with Crippen LogP contribution in [0, 0.1) is 0 Å². The highest BCUT2D eigenvalue weighted by molar-refractivity contribution is 7.85. The topological polar surface area (TPSA) is 79.3 Å². The maximum atomic E-state index is 10.5. The molecule has 102 valence electrons. The van der Waals surface area contributed by atoms with Crippen LogP contribution in [0.3, 0.4) is 0 Å². The van der Waals surface area contributed by atoms with Gasteiger partial charge in [0.25, 0.3) is 0 Å². The first kappa shape index (κ1) is 13.8. The standard InChI is InChI=1S/C13H15NO4S/c1-18-12-4-5-13-11(8-12)7-10(9-14-13)3-2-6-19(15,16)17/h4-5,7-9H,2-3,6H2,1H3,(H,15,16,17)/p-1. The van der Waals surface area contributed by atoms with Crippen molar-refractivity contribution >= 4 is 21.0 Å². The third kappa shape index (κ3) is 3.90. The van der Waals surface area contributed by atoms with Gasteiger partial charge in [0.15, 0.2) is 0 Å². The van der Waals surface area contributed by atoms with E-state index in [9.17, 15) is 13.0 Å². The van der Waals surface area contributed by atoms with Gasteiger partial charge in [-0.2, -0.15) is 0 Å². The van der Waals surface area contributed by atoms with Gasteiger partial charge < -0.3 is 9.29 Å². The SMILES string of the molecule is COc1ccc2ncc(CCCS(=O)(=O)[O-])cc2c1. The van der Waals surface area contributed by atoms with Crippen molar-refractivity contribution in [2.45, 2.75) is 12.8 Å². The van der Waals surface area contributed by atoms with Gasteiger partial charge in [-0.05, 0) is 42.7 Å². The fraction of sp³-hybridized carbons (Fsp3) is 0.308. The van der Waals surface area contributed by atoms with E-state index < -0.39 is 10.1 Å². The minimum absolute atomic E-state index is 0.309. The molecular weight excluding hydrogens is 266 g/mol. The molecule has 0 aliphatic heterocycles. The molecule has 0 atom stereocenters. The van der Waals surface area contributed by atoms with Gasteiger partial charge in [0, 0.05) is 17.3 Å². The number of aromatic nitrogens is 1. The van der Waals surface area contributed by atoms with Crippen LogP contribution in [-0.2, 0) is 16.5 Å². The highest BCUT2D eigenvalue weighted by Crippen LogP contribution is 2.20. The van der Waals surface area contributed by atoms with Crippen LogP contribution in [0.4, 0.5) is 0 Å². The molecule has 5 nitrogen and oxygen atoms in total. The second-order valence-electron chi connectivity index (χ2n) is 4.27. The molecule has 0 unspecified atom stereocenters. The number of aryl methyl sites for hydroxylation is 1. The highest BCUT2D eigenvalue weighted by Gasteiger charge is 2.02. The molecule has 0 radical (unpaired) electrons. The van der Waals surface area contributed by atoms with Gasteiger partial charge in [0.05, 0.1) is 22.7 Å². The summed E-state index contributed by atoms with van der Waals surface area (Å²) < 4.78 is 36.7. The molecule has 0 fully saturated rings. The third-order valence-corrected chi connectivity index (χ3v) is 3.59. The summed E-state index contributed by atoms with van der Waals surface area (Å²) in [5.41, 5.74) is 1.75. The Morgan fingerprint density at radius 1 is 1.32 bits per heavy atom. The monoisotopic (exact) mass is 280 g/mol. The molecule has 0 saturated carbocycles. The molecule has 0 saturated heterocycles. The smallest absolute Gasteiger partial charge is 0.119 e. The van der Waals surface area contributed by atoms with Gasteiger partial charge in [-0.1, -0.05) is 0 Å². The van der Waals surface area contributed by atoms with E-state index in [1.54, 1.807) is 13.3 Å². The predicted molar refractivity (Wildman–Crippen MR) is 71.2 cm³/mol. The van der Waals surface area contributed by atoms with E-state index in [1.807, 2.05) is 24.3 Å². The van der Waals surface area contributed by atoms with E-state index in [2.05, 4.69) is 4.98 Å². The molecule has 6 heteroatoms. The van der Waals surface area contributed by atoms with E-state index in [-0.39, 0.29) is 5.75 Å². The summed E-state index contributed by atoms with van der Waals surface area (Å²) in [5, 5.41) is 0.932. The van der Waals surface area contributed by atoms with Crippen molar-refractivity contribution in [1.29, 1.82) is 0 Å². The Morgan fingerprint density at radius 2 is 2.11 bits per heavy atom. The Balaban J connectivity index is 2.16. The lowest BCUT2D eigenvalue weighted by Gasteiger charge is -2.07. The van der Waals surface area contributed by atoms with Gasteiger partial charge in [0.2, 0.25) is 0 Å². The fourth-order valence-electron chi connectivity index (χ4n) is 1.87. The Labute approximate surface area is 112 Å². The molecule has 1 aromatic carbocycles. The largest absolute Gasteiger partial charge is 0.748 e. The lowest BCUT2D eigenvalue weighted by Crippen LogP contribution is -2.05. The molecule has 0 bridgehead atoms. The summed E-state index contributed by atoms with van der Waals surface area (Å²) in [6, 6.07) is 7.50.